The Morgan fingerprint density at radius 2 is 1.43 bits per heavy atom. The lowest BCUT2D eigenvalue weighted by atomic mass is 10.1. The molecule has 1 N–H and O–H groups in total. The normalized spacial score (nSPS) is 12.2. The Morgan fingerprint density at radius 1 is 0.784 bits per heavy atom. The number of fused-ring (bicyclic) bond motifs is 1. The van der Waals surface area contributed by atoms with Gasteiger partial charge in [-0.25, -0.2) is 9.59 Å². The number of amides is 3. The minimum absolute atomic E-state index is 0.0522. The standard InChI is InChI=1S/C28H24N2O7/c1-2-36-27(34)19-8-11-21(12-9-19)29-24(31)17-37-28(35)20-10-13-22-23(16-20)26(33)30(25(22)32)15-14-18-6-4-3-5-7-18/h3-13,16H,2,14-15,17H2,1H3,(H,29,31). The number of esters is 2. The molecule has 0 bridgehead atoms. The third-order valence-electron chi connectivity index (χ3n) is 5.69. The predicted molar refractivity (Wildman–Crippen MR) is 133 cm³/mol. The Balaban J connectivity index is 1.32. The smallest absolute Gasteiger partial charge is 0.338 e. The van der Waals surface area contributed by atoms with Gasteiger partial charge in [0.15, 0.2) is 6.61 Å². The summed E-state index contributed by atoms with van der Waals surface area (Å²) in [5.74, 6) is -2.75. The van der Waals surface area contributed by atoms with Crippen LogP contribution in [0.3, 0.4) is 0 Å². The highest BCUT2D eigenvalue weighted by Gasteiger charge is 2.35. The van der Waals surface area contributed by atoms with E-state index in [2.05, 4.69) is 5.32 Å². The lowest BCUT2D eigenvalue weighted by molar-refractivity contribution is -0.119. The van der Waals surface area contributed by atoms with Crippen molar-refractivity contribution in [2.75, 3.05) is 25.1 Å². The molecular weight excluding hydrogens is 476 g/mol. The largest absolute Gasteiger partial charge is 0.462 e. The van der Waals surface area contributed by atoms with E-state index >= 15 is 0 Å². The van der Waals surface area contributed by atoms with Crippen molar-refractivity contribution < 1.29 is 33.4 Å². The fourth-order valence-corrected chi connectivity index (χ4v) is 3.82. The first-order chi connectivity index (χ1) is 17.9. The quantitative estimate of drug-likeness (QED) is 0.353. The maximum Gasteiger partial charge on any atom is 0.338 e. The van der Waals surface area contributed by atoms with Crippen molar-refractivity contribution in [3.05, 3.63) is 101 Å². The molecule has 9 nitrogen and oxygen atoms in total. The lowest BCUT2D eigenvalue weighted by Crippen LogP contribution is -2.31. The van der Waals surface area contributed by atoms with E-state index in [4.69, 9.17) is 9.47 Å². The highest BCUT2D eigenvalue weighted by molar-refractivity contribution is 6.22. The number of nitrogens with one attached hydrogen (secondary N) is 1. The van der Waals surface area contributed by atoms with Crippen molar-refractivity contribution in [1.82, 2.24) is 4.90 Å². The van der Waals surface area contributed by atoms with Crippen molar-refractivity contribution in [3.63, 3.8) is 0 Å². The molecular formula is C28H24N2O7. The first kappa shape index (κ1) is 25.3. The first-order valence-corrected chi connectivity index (χ1v) is 11.7. The van der Waals surface area contributed by atoms with E-state index in [1.165, 1.54) is 42.5 Å². The number of hydrogen-bond donors (Lipinski definition) is 1. The summed E-state index contributed by atoms with van der Waals surface area (Å²) in [7, 11) is 0. The first-order valence-electron chi connectivity index (χ1n) is 11.7. The third-order valence-corrected chi connectivity index (χ3v) is 5.69. The maximum absolute atomic E-state index is 12.8. The van der Waals surface area contributed by atoms with Gasteiger partial charge in [-0.3, -0.25) is 19.3 Å². The third kappa shape index (κ3) is 5.90. The Labute approximate surface area is 213 Å². The van der Waals surface area contributed by atoms with Gasteiger partial charge < -0.3 is 14.8 Å². The molecule has 0 saturated carbocycles. The van der Waals surface area contributed by atoms with Crippen LogP contribution >= 0.6 is 0 Å². The van der Waals surface area contributed by atoms with Crippen LogP contribution in [-0.4, -0.2) is 54.3 Å². The molecule has 0 atom stereocenters. The average Bonchev–Trinajstić information content (AvgIpc) is 3.15. The number of nitrogens with zero attached hydrogens (tertiary/aromatic N) is 1. The van der Waals surface area contributed by atoms with Crippen LogP contribution in [0.2, 0.25) is 0 Å². The van der Waals surface area contributed by atoms with Crippen molar-refractivity contribution in [1.29, 1.82) is 0 Å². The number of anilines is 1. The van der Waals surface area contributed by atoms with Crippen LogP contribution in [0.15, 0.2) is 72.8 Å². The Kier molecular flexibility index (Phi) is 7.73. The van der Waals surface area contributed by atoms with E-state index in [0.29, 0.717) is 17.7 Å². The van der Waals surface area contributed by atoms with Gasteiger partial charge in [-0.1, -0.05) is 30.3 Å². The van der Waals surface area contributed by atoms with Gasteiger partial charge in [0.25, 0.3) is 17.7 Å². The fraction of sp³-hybridized carbons (Fsp3) is 0.179. The van der Waals surface area contributed by atoms with Gasteiger partial charge in [0, 0.05) is 12.2 Å². The molecule has 0 saturated heterocycles. The van der Waals surface area contributed by atoms with E-state index in [1.54, 1.807) is 6.92 Å². The van der Waals surface area contributed by atoms with Crippen LogP contribution in [0.5, 0.6) is 0 Å². The Hall–Kier alpha value is -4.79. The number of rotatable bonds is 9. The number of ether oxygens (including phenoxy) is 2. The zero-order chi connectivity index (χ0) is 26.4. The molecule has 0 unspecified atom stereocenters. The number of hydrogen-bond acceptors (Lipinski definition) is 7. The summed E-state index contributed by atoms with van der Waals surface area (Å²) in [6.45, 7) is 1.61. The van der Waals surface area contributed by atoms with E-state index in [-0.39, 0.29) is 29.8 Å². The molecule has 37 heavy (non-hydrogen) atoms. The summed E-state index contributed by atoms with van der Waals surface area (Å²) in [6.07, 6.45) is 0.516. The molecule has 9 heteroatoms. The monoisotopic (exact) mass is 500 g/mol. The molecule has 4 rings (SSSR count). The fourth-order valence-electron chi connectivity index (χ4n) is 3.82. The van der Waals surface area contributed by atoms with Crippen molar-refractivity contribution in [3.8, 4) is 0 Å². The molecule has 0 aliphatic carbocycles. The van der Waals surface area contributed by atoms with Gasteiger partial charge in [0.2, 0.25) is 0 Å². The second-order valence-electron chi connectivity index (χ2n) is 8.18. The minimum Gasteiger partial charge on any atom is -0.462 e. The molecule has 1 heterocycles. The predicted octanol–water partition coefficient (Wildman–Crippen LogP) is 3.50. The number of carbonyl (C=O) groups is 5. The van der Waals surface area contributed by atoms with Gasteiger partial charge >= 0.3 is 11.9 Å². The van der Waals surface area contributed by atoms with E-state index in [1.807, 2.05) is 30.3 Å². The number of carbonyl (C=O) groups excluding carboxylic acids is 5. The zero-order valence-corrected chi connectivity index (χ0v) is 20.1. The molecule has 0 fully saturated rings. The molecule has 0 radical (unpaired) electrons. The second kappa shape index (κ2) is 11.3. The molecule has 3 aromatic rings. The summed E-state index contributed by atoms with van der Waals surface area (Å²) < 4.78 is 9.98. The lowest BCUT2D eigenvalue weighted by Gasteiger charge is -2.13. The van der Waals surface area contributed by atoms with Gasteiger partial charge in [-0.2, -0.15) is 0 Å². The van der Waals surface area contributed by atoms with Gasteiger partial charge in [-0.15, -0.1) is 0 Å². The van der Waals surface area contributed by atoms with Crippen LogP contribution in [0.25, 0.3) is 0 Å². The van der Waals surface area contributed by atoms with Crippen molar-refractivity contribution >= 4 is 35.3 Å². The molecule has 0 aromatic heterocycles. The summed E-state index contributed by atoms with van der Waals surface area (Å²) in [4.78, 5) is 63.1. The molecule has 1 aliphatic rings. The molecule has 3 amide bonds. The SMILES string of the molecule is CCOC(=O)c1ccc(NC(=O)COC(=O)c2ccc3c(c2)C(=O)N(CCc2ccccc2)C3=O)cc1. The summed E-state index contributed by atoms with van der Waals surface area (Å²) in [5, 5.41) is 2.56. The van der Waals surface area contributed by atoms with Crippen LogP contribution in [0.4, 0.5) is 5.69 Å². The van der Waals surface area contributed by atoms with Gasteiger partial charge in [-0.05, 0) is 61.4 Å². The highest BCUT2D eigenvalue weighted by atomic mass is 16.5. The van der Waals surface area contributed by atoms with Crippen LogP contribution < -0.4 is 5.32 Å². The van der Waals surface area contributed by atoms with E-state index < -0.39 is 36.3 Å². The Bertz CT molecular complexity index is 1350. The highest BCUT2D eigenvalue weighted by Crippen LogP contribution is 2.25. The van der Waals surface area contributed by atoms with Crippen molar-refractivity contribution in [2.24, 2.45) is 0 Å². The maximum atomic E-state index is 12.8. The number of imide groups is 1. The van der Waals surface area contributed by atoms with E-state index in [9.17, 15) is 24.0 Å². The molecule has 188 valence electrons. The van der Waals surface area contributed by atoms with Crippen LogP contribution in [-0.2, 0) is 20.7 Å². The summed E-state index contributed by atoms with van der Waals surface area (Å²) in [5.41, 5.74) is 2.14. The Morgan fingerprint density at radius 3 is 2.14 bits per heavy atom. The van der Waals surface area contributed by atoms with Crippen LogP contribution in [0, 0.1) is 0 Å². The summed E-state index contributed by atoms with van der Waals surface area (Å²) in [6, 6.07) is 19.7. The number of benzene rings is 3. The van der Waals surface area contributed by atoms with Gasteiger partial charge in [0.1, 0.15) is 0 Å². The molecule has 3 aromatic carbocycles. The second-order valence-corrected chi connectivity index (χ2v) is 8.18. The van der Waals surface area contributed by atoms with Crippen LogP contribution in [0.1, 0.15) is 53.9 Å². The van der Waals surface area contributed by atoms with Gasteiger partial charge in [0.05, 0.1) is 28.9 Å². The topological polar surface area (TPSA) is 119 Å². The average molecular weight is 501 g/mol. The molecule has 0 spiro atoms. The molecule has 1 aliphatic heterocycles. The zero-order valence-electron chi connectivity index (χ0n) is 20.1. The summed E-state index contributed by atoms with van der Waals surface area (Å²) >= 11 is 0. The van der Waals surface area contributed by atoms with Crippen molar-refractivity contribution in [2.45, 2.75) is 13.3 Å². The van der Waals surface area contributed by atoms with E-state index in [0.717, 1.165) is 10.5 Å². The minimum atomic E-state index is -0.807.